The Morgan fingerprint density at radius 2 is 0.613 bits per heavy atom. The van der Waals surface area contributed by atoms with Gasteiger partial charge in [-0.3, -0.25) is 0 Å². The Balaban J connectivity index is 3.24. The van der Waals surface area contributed by atoms with Crippen LogP contribution in [-0.4, -0.2) is 68.4 Å². The van der Waals surface area contributed by atoms with Crippen molar-refractivity contribution in [3.05, 3.63) is 0 Å². The van der Waals surface area contributed by atoms with Crippen LogP contribution in [0.3, 0.4) is 0 Å². The zero-order valence-corrected chi connectivity index (χ0v) is 33.9. The van der Waals surface area contributed by atoms with Crippen LogP contribution >= 0.6 is 0 Å². The molecule has 2 heterocycles. The van der Waals surface area contributed by atoms with Crippen molar-refractivity contribution in [1.29, 1.82) is 0 Å². The van der Waals surface area contributed by atoms with Crippen molar-refractivity contribution in [3.63, 3.8) is 0 Å². The summed E-state index contributed by atoms with van der Waals surface area (Å²) in [5.41, 5.74) is 0. The van der Waals surface area contributed by atoms with Crippen molar-refractivity contribution in [2.45, 2.75) is 139 Å². The molecule has 0 saturated carbocycles. The highest BCUT2D eigenvalue weighted by Gasteiger charge is 2.88. The Kier molecular flexibility index (Phi) is 7.05. The summed E-state index contributed by atoms with van der Waals surface area (Å²) in [6.45, 7) is 51.7. The Hall–Kier alpha value is 1.95. The van der Waals surface area contributed by atoms with Gasteiger partial charge in [0.05, 0.1) is 7.11 Å². The molecule has 2 aliphatic rings. The van der Waals surface area contributed by atoms with Gasteiger partial charge < -0.3 is 0 Å². The fraction of sp³-hybridized carbons (Fsp3) is 1.00. The van der Waals surface area contributed by atoms with E-state index in [9.17, 15) is 0 Å². The normalized spacial score (nSPS) is 24.2. The van der Waals surface area contributed by atoms with E-state index in [4.69, 9.17) is 0 Å². The molecule has 0 amide bonds. The summed E-state index contributed by atoms with van der Waals surface area (Å²) in [5.74, 6) is 0. The molecular weight excluding hydrogens is 517 g/mol. The molecule has 1 spiro atoms. The molecular formula is C22H58Si9. The molecule has 0 bridgehead atoms. The maximum atomic E-state index is 2.89. The minimum absolute atomic E-state index is 0.0935. The Morgan fingerprint density at radius 3 is 0.742 bits per heavy atom. The lowest BCUT2D eigenvalue weighted by molar-refractivity contribution is 0.763. The molecule has 0 aromatic rings. The second-order valence-corrected chi connectivity index (χ2v) is 88.4. The van der Waals surface area contributed by atoms with Crippen LogP contribution in [0.4, 0.5) is 0 Å². The number of rotatable bonds is 6. The van der Waals surface area contributed by atoms with Gasteiger partial charge in [-0.05, 0) is 22.4 Å². The molecule has 182 valence electrons. The number of hydrogen-bond donors (Lipinski definition) is 0. The summed E-state index contributed by atoms with van der Waals surface area (Å²) < 4.78 is 1.85. The van der Waals surface area contributed by atoms with Crippen molar-refractivity contribution in [2.75, 3.05) is 0 Å². The first kappa shape index (κ1) is 29.2. The molecule has 0 aromatic carbocycles. The van der Waals surface area contributed by atoms with Crippen LogP contribution in [0.15, 0.2) is 0 Å². The Bertz CT molecular complexity index is 675. The van der Waals surface area contributed by atoms with Crippen LogP contribution in [0, 0.1) is 0 Å². The van der Waals surface area contributed by atoms with E-state index in [1.807, 2.05) is 0 Å². The maximum absolute atomic E-state index is 2.89. The zero-order valence-electron chi connectivity index (χ0n) is 24.9. The smallest absolute Gasteiger partial charge is 0.0608 e. The van der Waals surface area contributed by atoms with Crippen LogP contribution in [0.25, 0.3) is 0 Å². The minimum Gasteiger partial charge on any atom is -0.0696 e. The topological polar surface area (TPSA) is 0 Å². The van der Waals surface area contributed by atoms with Crippen LogP contribution in [0.2, 0.25) is 126 Å². The molecule has 0 unspecified atom stereocenters. The van der Waals surface area contributed by atoms with Gasteiger partial charge in [0.2, 0.25) is 0 Å². The highest BCUT2D eigenvalue weighted by molar-refractivity contribution is 8.11. The van der Waals surface area contributed by atoms with E-state index in [1.54, 1.807) is 12.8 Å². The Labute approximate surface area is 206 Å². The van der Waals surface area contributed by atoms with Gasteiger partial charge in [0, 0.05) is 47.5 Å². The van der Waals surface area contributed by atoms with Crippen molar-refractivity contribution in [3.8, 4) is 0 Å². The van der Waals surface area contributed by atoms with E-state index < -0.39 is 54.6 Å². The van der Waals surface area contributed by atoms with Gasteiger partial charge in [0.1, 0.15) is 0 Å². The summed E-state index contributed by atoms with van der Waals surface area (Å²) in [6, 6.07) is 0. The lowest BCUT2D eigenvalue weighted by Crippen LogP contribution is -2.77. The third-order valence-corrected chi connectivity index (χ3v) is 138. The molecule has 2 rings (SSSR count). The SMILES string of the molecule is C[Si](C)(C)[Si]1=[Si]([Si](C)(C)C)[Si]12C([Si](C)(C)C)([Si](C)(C)C)CCC2([Si](C)(C)C)[Si](C)(C)C. The van der Waals surface area contributed by atoms with Gasteiger partial charge in [0.15, 0.2) is 0 Å². The second kappa shape index (κ2) is 7.48. The van der Waals surface area contributed by atoms with Crippen molar-refractivity contribution in [1.82, 2.24) is 0 Å². The third-order valence-electron chi connectivity index (χ3n) is 9.71. The fourth-order valence-corrected chi connectivity index (χ4v) is 280. The monoisotopic (exact) mass is 574 g/mol. The lowest BCUT2D eigenvalue weighted by atomic mass is 10.4. The van der Waals surface area contributed by atoms with Gasteiger partial charge in [-0.25, -0.2) is 0 Å². The van der Waals surface area contributed by atoms with Crippen molar-refractivity contribution < 1.29 is 0 Å². The molecule has 0 radical (unpaired) electrons. The van der Waals surface area contributed by atoms with Gasteiger partial charge >= 0.3 is 0 Å². The Morgan fingerprint density at radius 1 is 0.419 bits per heavy atom. The first-order chi connectivity index (χ1) is 13.2. The number of hydrogen-bond acceptors (Lipinski definition) is 0. The lowest BCUT2D eigenvalue weighted by Gasteiger charge is -2.65. The van der Waals surface area contributed by atoms with Gasteiger partial charge in [-0.1, -0.05) is 131 Å². The van der Waals surface area contributed by atoms with E-state index in [0.29, 0.717) is 0 Å². The summed E-state index contributed by atoms with van der Waals surface area (Å²) in [6.07, 6.45) is 3.41. The average molecular weight is 575 g/mol. The minimum atomic E-state index is -1.35. The molecule has 31 heavy (non-hydrogen) atoms. The van der Waals surface area contributed by atoms with Crippen LogP contribution < -0.4 is 0 Å². The van der Waals surface area contributed by atoms with Crippen molar-refractivity contribution >= 4 is 68.4 Å². The van der Waals surface area contributed by atoms with E-state index >= 15 is 0 Å². The highest BCUT2D eigenvalue weighted by atomic mass is 30.3. The molecule has 0 nitrogen and oxygen atoms in total. The predicted octanol–water partition coefficient (Wildman–Crippen LogP) is 8.29. The summed E-state index contributed by atoms with van der Waals surface area (Å²) in [7, 11) is -8.76. The van der Waals surface area contributed by atoms with E-state index in [0.717, 1.165) is 8.57 Å². The summed E-state index contributed by atoms with van der Waals surface area (Å²) >= 11 is 0. The highest BCUT2D eigenvalue weighted by Crippen LogP contribution is 2.79. The molecule has 1 fully saturated rings. The molecule has 9 heteroatoms. The fourth-order valence-electron chi connectivity index (χ4n) is 10.1. The average Bonchev–Trinajstić information content (AvgIpc) is 2.95. The molecule has 0 N–H and O–H groups in total. The van der Waals surface area contributed by atoms with Crippen LogP contribution in [-0.2, 0) is 0 Å². The van der Waals surface area contributed by atoms with E-state index in [1.165, 1.54) is 0 Å². The first-order valence-corrected chi connectivity index (χ1v) is 44.0. The predicted molar refractivity (Wildman–Crippen MR) is 172 cm³/mol. The maximum Gasteiger partial charge on any atom is 0.0608 e. The summed E-state index contributed by atoms with van der Waals surface area (Å²) in [5, 5.41) is 0. The third kappa shape index (κ3) is 3.62. The van der Waals surface area contributed by atoms with Gasteiger partial charge in [-0.15, -0.1) is 0 Å². The molecule has 1 saturated heterocycles. The zero-order chi connectivity index (χ0) is 25.1. The first-order valence-electron chi connectivity index (χ1n) is 13.0. The van der Waals surface area contributed by atoms with Crippen molar-refractivity contribution in [2.24, 2.45) is 0 Å². The summed E-state index contributed by atoms with van der Waals surface area (Å²) in [4.78, 5) is 0. The molecule has 0 atom stereocenters. The van der Waals surface area contributed by atoms with Crippen LogP contribution in [0.5, 0.6) is 0 Å². The quantitative estimate of drug-likeness (QED) is 0.280. The van der Waals surface area contributed by atoms with E-state index in [2.05, 4.69) is 118 Å². The van der Waals surface area contributed by atoms with Gasteiger partial charge in [-0.2, -0.15) is 0 Å². The second-order valence-electron chi connectivity index (χ2n) is 17.3. The standard InChI is InChI=1S/C22H58Si9/c1-25(2,3)21(26(4,5)6)19-20-22(27(7,8)9,28(10,11)12)31(21)23(29(13,14)15)24(31)30(16,17)18/h19-20H2,1-18H3. The molecule has 0 aliphatic carbocycles. The molecule has 0 aromatic heterocycles. The largest absolute Gasteiger partial charge is 0.0696 e. The molecule has 2 aliphatic heterocycles. The van der Waals surface area contributed by atoms with Gasteiger partial charge in [0.25, 0.3) is 0 Å². The van der Waals surface area contributed by atoms with Crippen LogP contribution in [0.1, 0.15) is 12.8 Å². The van der Waals surface area contributed by atoms with E-state index in [-0.39, 0.29) is 13.9 Å².